The van der Waals surface area contributed by atoms with Crippen LogP contribution in [0.5, 0.6) is 0 Å². The highest BCUT2D eigenvalue weighted by molar-refractivity contribution is 7.89. The van der Waals surface area contributed by atoms with Crippen molar-refractivity contribution in [2.75, 3.05) is 26.2 Å². The third kappa shape index (κ3) is 5.44. The first kappa shape index (κ1) is 21.9. The Kier molecular flexibility index (Phi) is 7.10. The number of nitrogens with zero attached hydrogens (tertiary/aromatic N) is 1. The topological polar surface area (TPSA) is 118 Å². The SMILES string of the molecule is O=C(O)c1cccc(S(=O)(=O)NC[C@@H]2CNCCO[C@H]2c2ccc(Cl)c(Cl)c2)n1. The van der Waals surface area contributed by atoms with Crippen LogP contribution in [0.3, 0.4) is 0 Å². The van der Waals surface area contributed by atoms with Gasteiger partial charge in [-0.2, -0.15) is 0 Å². The molecule has 0 unspecified atom stereocenters. The molecule has 0 spiro atoms. The number of benzene rings is 1. The van der Waals surface area contributed by atoms with Gasteiger partial charge in [-0.3, -0.25) is 0 Å². The van der Waals surface area contributed by atoms with Crippen LogP contribution in [0.15, 0.2) is 41.4 Å². The Balaban J connectivity index is 1.79. The number of carboxylic acids is 1. The zero-order valence-electron chi connectivity index (χ0n) is 15.1. The predicted molar refractivity (Wildman–Crippen MR) is 108 cm³/mol. The molecule has 1 fully saturated rings. The van der Waals surface area contributed by atoms with Crippen molar-refractivity contribution in [1.82, 2.24) is 15.0 Å². The summed E-state index contributed by atoms with van der Waals surface area (Å²) in [7, 11) is -4.00. The van der Waals surface area contributed by atoms with Crippen LogP contribution in [0.4, 0.5) is 0 Å². The van der Waals surface area contributed by atoms with Gasteiger partial charge in [-0.05, 0) is 29.8 Å². The third-order valence-electron chi connectivity index (χ3n) is 4.44. The van der Waals surface area contributed by atoms with Gasteiger partial charge in [0.05, 0.1) is 22.8 Å². The number of aromatic nitrogens is 1. The standard InChI is InChI=1S/C18H19Cl2N3O5S/c19-13-5-4-11(8-14(13)20)17-12(9-21-6-7-28-17)10-22-29(26,27)16-3-1-2-15(23-16)18(24)25/h1-5,8,12,17,21-22H,6-7,9-10H2,(H,24,25)/t12-,17-/m0/s1. The maximum Gasteiger partial charge on any atom is 0.354 e. The van der Waals surface area contributed by atoms with Crippen LogP contribution in [0.2, 0.25) is 10.0 Å². The van der Waals surface area contributed by atoms with E-state index in [4.69, 9.17) is 33.0 Å². The minimum atomic E-state index is -4.00. The van der Waals surface area contributed by atoms with E-state index in [1.165, 1.54) is 18.2 Å². The third-order valence-corrected chi connectivity index (χ3v) is 6.50. The second-order valence-electron chi connectivity index (χ2n) is 6.45. The summed E-state index contributed by atoms with van der Waals surface area (Å²) in [4.78, 5) is 14.7. The average molecular weight is 460 g/mol. The van der Waals surface area contributed by atoms with E-state index in [2.05, 4.69) is 15.0 Å². The van der Waals surface area contributed by atoms with Gasteiger partial charge < -0.3 is 15.2 Å². The number of halogens is 2. The molecule has 1 aliphatic rings. The monoisotopic (exact) mass is 459 g/mol. The number of sulfonamides is 1. The number of ether oxygens (including phenoxy) is 1. The van der Waals surface area contributed by atoms with Gasteiger partial charge in [0.2, 0.25) is 0 Å². The molecule has 29 heavy (non-hydrogen) atoms. The van der Waals surface area contributed by atoms with Crippen molar-refractivity contribution in [2.24, 2.45) is 5.92 Å². The summed E-state index contributed by atoms with van der Waals surface area (Å²) in [5.74, 6) is -1.55. The van der Waals surface area contributed by atoms with Crippen LogP contribution in [-0.2, 0) is 14.8 Å². The summed E-state index contributed by atoms with van der Waals surface area (Å²) in [5, 5.41) is 12.7. The van der Waals surface area contributed by atoms with Crippen LogP contribution in [0.1, 0.15) is 22.2 Å². The van der Waals surface area contributed by atoms with Crippen molar-refractivity contribution in [3.05, 3.63) is 57.7 Å². The molecule has 2 heterocycles. The molecule has 3 N–H and O–H groups in total. The van der Waals surface area contributed by atoms with Crippen LogP contribution < -0.4 is 10.0 Å². The van der Waals surface area contributed by atoms with E-state index in [0.29, 0.717) is 29.7 Å². The first-order chi connectivity index (χ1) is 13.8. The summed E-state index contributed by atoms with van der Waals surface area (Å²) in [6.45, 7) is 1.65. The van der Waals surface area contributed by atoms with Gasteiger partial charge in [0.25, 0.3) is 10.0 Å². The van der Waals surface area contributed by atoms with Crippen LogP contribution in [-0.4, -0.2) is 50.7 Å². The Bertz CT molecular complexity index is 1000. The lowest BCUT2D eigenvalue weighted by Gasteiger charge is -2.25. The molecule has 1 aliphatic heterocycles. The molecule has 2 aromatic rings. The van der Waals surface area contributed by atoms with Crippen LogP contribution in [0.25, 0.3) is 0 Å². The molecule has 0 aliphatic carbocycles. The quantitative estimate of drug-likeness (QED) is 0.606. The maximum atomic E-state index is 12.6. The van der Waals surface area contributed by atoms with Gasteiger partial charge in [0.1, 0.15) is 5.69 Å². The number of pyridine rings is 1. The van der Waals surface area contributed by atoms with Crippen molar-refractivity contribution >= 4 is 39.2 Å². The summed E-state index contributed by atoms with van der Waals surface area (Å²) in [5.41, 5.74) is 0.444. The molecule has 1 aromatic carbocycles. The minimum Gasteiger partial charge on any atom is -0.477 e. The number of carbonyl (C=O) groups is 1. The summed E-state index contributed by atoms with van der Waals surface area (Å²) in [6, 6.07) is 8.98. The first-order valence-corrected chi connectivity index (χ1v) is 11.0. The van der Waals surface area contributed by atoms with Crippen molar-refractivity contribution < 1.29 is 23.1 Å². The number of rotatable bonds is 6. The fourth-order valence-corrected chi connectivity index (χ4v) is 4.36. The Morgan fingerprint density at radius 1 is 1.28 bits per heavy atom. The highest BCUT2D eigenvalue weighted by Crippen LogP contribution is 2.32. The molecule has 2 atom stereocenters. The van der Waals surface area contributed by atoms with Crippen molar-refractivity contribution in [1.29, 1.82) is 0 Å². The molecular formula is C18H19Cl2N3O5S. The first-order valence-electron chi connectivity index (χ1n) is 8.75. The predicted octanol–water partition coefficient (Wildman–Crippen LogP) is 2.34. The van der Waals surface area contributed by atoms with E-state index in [9.17, 15) is 13.2 Å². The van der Waals surface area contributed by atoms with Crippen molar-refractivity contribution in [3.8, 4) is 0 Å². The zero-order chi connectivity index (χ0) is 21.0. The zero-order valence-corrected chi connectivity index (χ0v) is 17.5. The van der Waals surface area contributed by atoms with Gasteiger partial charge in [-0.15, -0.1) is 0 Å². The average Bonchev–Trinajstić information content (AvgIpc) is 2.94. The molecule has 0 amide bonds. The lowest BCUT2D eigenvalue weighted by atomic mass is 9.95. The van der Waals surface area contributed by atoms with Gasteiger partial charge in [-0.25, -0.2) is 22.9 Å². The van der Waals surface area contributed by atoms with E-state index < -0.39 is 22.1 Å². The van der Waals surface area contributed by atoms with Crippen molar-refractivity contribution in [3.63, 3.8) is 0 Å². The fraction of sp³-hybridized carbons (Fsp3) is 0.333. The molecule has 1 saturated heterocycles. The van der Waals surface area contributed by atoms with Gasteiger partial charge >= 0.3 is 5.97 Å². The molecule has 0 bridgehead atoms. The van der Waals surface area contributed by atoms with Crippen LogP contribution >= 0.6 is 23.2 Å². The molecule has 0 saturated carbocycles. The van der Waals surface area contributed by atoms with E-state index >= 15 is 0 Å². The molecule has 8 nitrogen and oxygen atoms in total. The molecular weight excluding hydrogens is 441 g/mol. The number of hydrogen-bond donors (Lipinski definition) is 3. The lowest BCUT2D eigenvalue weighted by molar-refractivity contribution is 0.0322. The van der Waals surface area contributed by atoms with E-state index in [0.717, 1.165) is 5.56 Å². The summed E-state index contributed by atoms with van der Waals surface area (Å²) < 4.78 is 33.7. The molecule has 11 heteroatoms. The maximum absolute atomic E-state index is 12.6. The van der Waals surface area contributed by atoms with E-state index in [-0.39, 0.29) is 23.2 Å². The largest absolute Gasteiger partial charge is 0.477 e. The number of carboxylic acid groups (broad SMARTS) is 1. The highest BCUT2D eigenvalue weighted by atomic mass is 35.5. The van der Waals surface area contributed by atoms with E-state index in [1.54, 1.807) is 18.2 Å². The molecule has 3 rings (SSSR count). The normalized spacial score (nSPS) is 20.2. The van der Waals surface area contributed by atoms with Gasteiger partial charge in [0, 0.05) is 25.6 Å². The van der Waals surface area contributed by atoms with Gasteiger partial charge in [0.15, 0.2) is 5.03 Å². The molecule has 0 radical (unpaired) electrons. The van der Waals surface area contributed by atoms with E-state index in [1.807, 2.05) is 0 Å². The number of aromatic carboxylic acids is 1. The second-order valence-corrected chi connectivity index (χ2v) is 8.98. The number of nitrogens with one attached hydrogen (secondary N) is 2. The lowest BCUT2D eigenvalue weighted by Crippen LogP contribution is -2.36. The highest BCUT2D eigenvalue weighted by Gasteiger charge is 2.29. The smallest absolute Gasteiger partial charge is 0.354 e. The Labute approximate surface area is 178 Å². The summed E-state index contributed by atoms with van der Waals surface area (Å²) in [6.07, 6.45) is -0.402. The number of hydrogen-bond acceptors (Lipinski definition) is 6. The second kappa shape index (κ2) is 9.38. The Morgan fingerprint density at radius 2 is 2.07 bits per heavy atom. The molecule has 1 aromatic heterocycles. The fourth-order valence-electron chi connectivity index (χ4n) is 3.00. The Morgan fingerprint density at radius 3 is 2.79 bits per heavy atom. The van der Waals surface area contributed by atoms with Gasteiger partial charge in [-0.1, -0.05) is 35.3 Å². The van der Waals surface area contributed by atoms with Crippen molar-refractivity contribution in [2.45, 2.75) is 11.1 Å². The van der Waals surface area contributed by atoms with Crippen LogP contribution in [0, 0.1) is 5.92 Å². The molecule has 156 valence electrons. The minimum absolute atomic E-state index is 0.0548. The summed E-state index contributed by atoms with van der Waals surface area (Å²) >= 11 is 12.1. The Hall–Kier alpha value is -1.75.